The monoisotopic (exact) mass is 246 g/mol. The van der Waals surface area contributed by atoms with Gasteiger partial charge in [0.2, 0.25) is 0 Å². The van der Waals surface area contributed by atoms with Crippen LogP contribution in [0.4, 0.5) is 4.79 Å². The predicted octanol–water partition coefficient (Wildman–Crippen LogP) is 1.69. The Morgan fingerprint density at radius 3 is 2.89 bits per heavy atom. The van der Waals surface area contributed by atoms with E-state index in [0.717, 1.165) is 16.5 Å². The van der Waals surface area contributed by atoms with Gasteiger partial charge < -0.3 is 15.0 Å². The van der Waals surface area contributed by atoms with Crippen LogP contribution in [0.5, 0.6) is 0 Å². The number of ether oxygens (including phenoxy) is 1. The van der Waals surface area contributed by atoms with Gasteiger partial charge in [-0.2, -0.15) is 0 Å². The SMILES string of the molecule is COC(=O)NCc1ccc2[nH]c(=O)c(C)cc2c1. The molecule has 1 amide bonds. The van der Waals surface area contributed by atoms with Gasteiger partial charge in [-0.3, -0.25) is 4.79 Å². The molecular formula is C13H14N2O3. The van der Waals surface area contributed by atoms with Gasteiger partial charge in [0.25, 0.3) is 5.56 Å². The molecule has 0 bridgehead atoms. The van der Waals surface area contributed by atoms with Gasteiger partial charge in [0.1, 0.15) is 0 Å². The van der Waals surface area contributed by atoms with Crippen molar-refractivity contribution in [1.29, 1.82) is 0 Å². The number of carbonyl (C=O) groups is 1. The minimum atomic E-state index is -0.465. The summed E-state index contributed by atoms with van der Waals surface area (Å²) in [6, 6.07) is 7.43. The second kappa shape index (κ2) is 4.91. The van der Waals surface area contributed by atoms with Crippen LogP contribution < -0.4 is 10.9 Å². The van der Waals surface area contributed by atoms with Gasteiger partial charge in [0, 0.05) is 17.6 Å². The van der Waals surface area contributed by atoms with Crippen LogP contribution in [-0.4, -0.2) is 18.2 Å². The van der Waals surface area contributed by atoms with Crippen LogP contribution in [0, 0.1) is 6.92 Å². The van der Waals surface area contributed by atoms with Gasteiger partial charge in [-0.15, -0.1) is 0 Å². The summed E-state index contributed by atoms with van der Waals surface area (Å²) < 4.78 is 4.50. The number of aryl methyl sites for hydroxylation is 1. The molecule has 1 aromatic heterocycles. The average molecular weight is 246 g/mol. The maximum absolute atomic E-state index is 11.4. The quantitative estimate of drug-likeness (QED) is 0.847. The van der Waals surface area contributed by atoms with E-state index >= 15 is 0 Å². The maximum Gasteiger partial charge on any atom is 0.407 e. The first-order valence-electron chi connectivity index (χ1n) is 5.54. The van der Waals surface area contributed by atoms with Crippen molar-refractivity contribution in [1.82, 2.24) is 10.3 Å². The number of aromatic amines is 1. The molecule has 0 radical (unpaired) electrons. The summed E-state index contributed by atoms with van der Waals surface area (Å²) in [5, 5.41) is 3.55. The number of fused-ring (bicyclic) bond motifs is 1. The van der Waals surface area contributed by atoms with E-state index in [0.29, 0.717) is 12.1 Å². The molecule has 18 heavy (non-hydrogen) atoms. The molecule has 2 aromatic rings. The van der Waals surface area contributed by atoms with E-state index in [1.807, 2.05) is 24.3 Å². The second-order valence-electron chi connectivity index (χ2n) is 4.05. The smallest absolute Gasteiger partial charge is 0.407 e. The fourth-order valence-corrected chi connectivity index (χ4v) is 1.72. The largest absolute Gasteiger partial charge is 0.453 e. The first-order valence-corrected chi connectivity index (χ1v) is 5.54. The number of aromatic nitrogens is 1. The van der Waals surface area contributed by atoms with Crippen molar-refractivity contribution in [3.05, 3.63) is 45.7 Å². The number of amides is 1. The first kappa shape index (κ1) is 12.2. The third kappa shape index (κ3) is 2.51. The van der Waals surface area contributed by atoms with E-state index in [2.05, 4.69) is 15.0 Å². The van der Waals surface area contributed by atoms with Crippen molar-refractivity contribution in [3.8, 4) is 0 Å². The van der Waals surface area contributed by atoms with E-state index in [1.165, 1.54) is 7.11 Å². The van der Waals surface area contributed by atoms with Crippen molar-refractivity contribution in [3.63, 3.8) is 0 Å². The highest BCUT2D eigenvalue weighted by Crippen LogP contribution is 2.13. The second-order valence-corrected chi connectivity index (χ2v) is 4.05. The summed E-state index contributed by atoms with van der Waals surface area (Å²) in [6.07, 6.45) is -0.465. The average Bonchev–Trinajstić information content (AvgIpc) is 2.37. The number of alkyl carbamates (subject to hydrolysis) is 1. The number of pyridine rings is 1. The van der Waals surface area contributed by atoms with Crippen LogP contribution in [0.1, 0.15) is 11.1 Å². The minimum absolute atomic E-state index is 0.0806. The lowest BCUT2D eigenvalue weighted by atomic mass is 10.1. The Labute approximate surface area is 104 Å². The zero-order chi connectivity index (χ0) is 13.1. The Morgan fingerprint density at radius 1 is 1.39 bits per heavy atom. The summed E-state index contributed by atoms with van der Waals surface area (Å²) in [5.41, 5.74) is 2.32. The molecule has 2 N–H and O–H groups in total. The summed E-state index contributed by atoms with van der Waals surface area (Å²) in [4.78, 5) is 25.2. The standard InChI is InChI=1S/C13H14N2O3/c1-8-5-10-6-9(7-14-13(17)18-2)3-4-11(10)15-12(8)16/h3-6H,7H2,1-2H3,(H,14,17)(H,15,16). The topological polar surface area (TPSA) is 71.2 Å². The van der Waals surface area contributed by atoms with E-state index in [-0.39, 0.29) is 5.56 Å². The molecule has 0 saturated carbocycles. The van der Waals surface area contributed by atoms with Gasteiger partial charge in [-0.05, 0) is 36.1 Å². The highest BCUT2D eigenvalue weighted by Gasteiger charge is 2.02. The lowest BCUT2D eigenvalue weighted by Gasteiger charge is -2.05. The van der Waals surface area contributed by atoms with Crippen LogP contribution in [0.2, 0.25) is 0 Å². The molecule has 2 rings (SSSR count). The van der Waals surface area contributed by atoms with Crippen LogP contribution >= 0.6 is 0 Å². The molecule has 5 heteroatoms. The predicted molar refractivity (Wildman–Crippen MR) is 68.6 cm³/mol. The van der Waals surface area contributed by atoms with Crippen molar-refractivity contribution in [2.24, 2.45) is 0 Å². The number of hydrogen-bond donors (Lipinski definition) is 2. The summed E-state index contributed by atoms with van der Waals surface area (Å²) in [5.74, 6) is 0. The lowest BCUT2D eigenvalue weighted by Crippen LogP contribution is -2.22. The molecule has 5 nitrogen and oxygen atoms in total. The van der Waals surface area contributed by atoms with Crippen molar-refractivity contribution >= 4 is 17.0 Å². The van der Waals surface area contributed by atoms with Crippen LogP contribution in [0.3, 0.4) is 0 Å². The number of methoxy groups -OCH3 is 1. The molecule has 1 heterocycles. The number of hydrogen-bond acceptors (Lipinski definition) is 3. The van der Waals surface area contributed by atoms with E-state index in [1.54, 1.807) is 6.92 Å². The fraction of sp³-hybridized carbons (Fsp3) is 0.231. The zero-order valence-electron chi connectivity index (χ0n) is 10.2. The molecule has 0 atom stereocenters. The van der Waals surface area contributed by atoms with Gasteiger partial charge >= 0.3 is 6.09 Å². The number of H-pyrrole nitrogens is 1. The Bertz CT molecular complexity index is 646. The summed E-state index contributed by atoms with van der Waals surface area (Å²) in [6.45, 7) is 2.15. The molecule has 0 saturated heterocycles. The molecule has 0 aliphatic rings. The van der Waals surface area contributed by atoms with Gasteiger partial charge in [-0.25, -0.2) is 4.79 Å². The summed E-state index contributed by atoms with van der Waals surface area (Å²) >= 11 is 0. The normalized spacial score (nSPS) is 10.3. The highest BCUT2D eigenvalue weighted by atomic mass is 16.5. The molecule has 0 unspecified atom stereocenters. The third-order valence-corrected chi connectivity index (χ3v) is 2.72. The molecule has 94 valence electrons. The van der Waals surface area contributed by atoms with Crippen molar-refractivity contribution in [2.75, 3.05) is 7.11 Å². The van der Waals surface area contributed by atoms with Gasteiger partial charge in [-0.1, -0.05) is 6.07 Å². The third-order valence-electron chi connectivity index (χ3n) is 2.72. The van der Waals surface area contributed by atoms with Crippen LogP contribution in [-0.2, 0) is 11.3 Å². The van der Waals surface area contributed by atoms with E-state index in [4.69, 9.17) is 0 Å². The zero-order valence-corrected chi connectivity index (χ0v) is 10.2. The molecule has 1 aromatic carbocycles. The van der Waals surface area contributed by atoms with Gasteiger partial charge in [0.15, 0.2) is 0 Å². The number of nitrogens with one attached hydrogen (secondary N) is 2. The highest BCUT2D eigenvalue weighted by molar-refractivity contribution is 5.79. The fourth-order valence-electron chi connectivity index (χ4n) is 1.72. The number of benzene rings is 1. The van der Waals surface area contributed by atoms with Crippen molar-refractivity contribution in [2.45, 2.75) is 13.5 Å². The molecule has 0 spiro atoms. The van der Waals surface area contributed by atoms with E-state index in [9.17, 15) is 9.59 Å². The Balaban J connectivity index is 2.29. The maximum atomic E-state index is 11.4. The molecule has 0 aliphatic carbocycles. The van der Waals surface area contributed by atoms with Crippen LogP contribution in [0.15, 0.2) is 29.1 Å². The lowest BCUT2D eigenvalue weighted by molar-refractivity contribution is 0.170. The van der Waals surface area contributed by atoms with Gasteiger partial charge in [0.05, 0.1) is 7.11 Å². The van der Waals surface area contributed by atoms with E-state index < -0.39 is 6.09 Å². The minimum Gasteiger partial charge on any atom is -0.453 e. The number of rotatable bonds is 2. The molecule has 0 fully saturated rings. The Morgan fingerprint density at radius 2 is 2.17 bits per heavy atom. The molecular weight excluding hydrogens is 232 g/mol. The van der Waals surface area contributed by atoms with Crippen molar-refractivity contribution < 1.29 is 9.53 Å². The first-order chi connectivity index (χ1) is 8.60. The number of carbonyl (C=O) groups excluding carboxylic acids is 1. The Kier molecular flexibility index (Phi) is 3.32. The Hall–Kier alpha value is -2.30. The molecule has 0 aliphatic heterocycles. The summed E-state index contributed by atoms with van der Waals surface area (Å²) in [7, 11) is 1.32. The van der Waals surface area contributed by atoms with Crippen LogP contribution in [0.25, 0.3) is 10.9 Å².